The number of carboxylic acids is 1. The summed E-state index contributed by atoms with van der Waals surface area (Å²) in [5, 5.41) is 18.7. The topological polar surface area (TPSA) is 79.5 Å². The summed E-state index contributed by atoms with van der Waals surface area (Å²) in [5.41, 5.74) is 2.80. The van der Waals surface area contributed by atoms with Crippen LogP contribution in [0, 0.1) is 0 Å². The molecule has 1 aromatic heterocycles. The van der Waals surface area contributed by atoms with Crippen LogP contribution in [-0.4, -0.2) is 26.5 Å². The van der Waals surface area contributed by atoms with Crippen LogP contribution in [0.1, 0.15) is 5.56 Å². The van der Waals surface area contributed by atoms with Gasteiger partial charge in [-0.25, -0.2) is 4.79 Å². The average molecular weight is 333 g/mol. The van der Waals surface area contributed by atoms with Gasteiger partial charge in [-0.3, -0.25) is 4.79 Å². The molecule has 2 N–H and O–H groups in total. The van der Waals surface area contributed by atoms with E-state index in [1.54, 1.807) is 6.08 Å². The Bertz CT molecular complexity index is 997. The molecule has 0 saturated carbocycles. The number of para-hydroxylation sites is 2. The third kappa shape index (κ3) is 3.50. The maximum Gasteiger partial charge on any atom is 0.371 e. The van der Waals surface area contributed by atoms with Crippen LogP contribution in [0.3, 0.4) is 0 Å². The Labute approximate surface area is 143 Å². The van der Waals surface area contributed by atoms with Crippen molar-refractivity contribution in [2.45, 2.75) is 0 Å². The molecule has 0 aliphatic heterocycles. The van der Waals surface area contributed by atoms with Gasteiger partial charge in [0.2, 0.25) is 5.76 Å². The molecule has 25 heavy (non-hydrogen) atoms. The summed E-state index contributed by atoms with van der Waals surface area (Å²) >= 11 is 0. The third-order valence-electron chi connectivity index (χ3n) is 3.70. The highest BCUT2D eigenvalue weighted by atomic mass is 16.4. The van der Waals surface area contributed by atoms with Crippen molar-refractivity contribution < 1.29 is 19.8 Å². The minimum absolute atomic E-state index is 0.601. The molecule has 1 heterocycles. The molecule has 0 spiro atoms. The summed E-state index contributed by atoms with van der Waals surface area (Å²) in [7, 11) is 0. The summed E-state index contributed by atoms with van der Waals surface area (Å²) in [6.07, 6.45) is 5.42. The van der Waals surface area contributed by atoms with E-state index in [1.807, 2.05) is 65.4 Å². The van der Waals surface area contributed by atoms with Crippen molar-refractivity contribution in [3.63, 3.8) is 0 Å². The summed E-state index contributed by atoms with van der Waals surface area (Å²) in [6, 6.07) is 17.6. The largest absolute Gasteiger partial charge is 0.502 e. The highest BCUT2D eigenvalue weighted by Gasteiger charge is 2.08. The van der Waals surface area contributed by atoms with Gasteiger partial charge in [-0.15, -0.1) is 0 Å². The molecule has 0 atom stereocenters. The molecule has 0 radical (unpaired) electrons. The lowest BCUT2D eigenvalue weighted by atomic mass is 10.1. The first-order chi connectivity index (χ1) is 12.1. The standard InChI is InChI=1S/C20H15NO4/c22-16(12-19(23)20(24)25)11-10-14-13-21(15-6-2-1-3-7-15)18-9-5-4-8-17(14)18/h1-13,23H,(H,24,25)/b11-10+,19-12-. The van der Waals surface area contributed by atoms with Crippen LogP contribution in [0.5, 0.6) is 0 Å². The SMILES string of the molecule is O=C(/C=C(\O)C(=O)O)/C=C/c1cn(-c2ccccc2)c2ccccc12. The number of allylic oxidation sites excluding steroid dienone is 2. The molecule has 0 saturated heterocycles. The first kappa shape index (κ1) is 16.3. The number of carboxylic acid groups (broad SMARTS) is 1. The van der Waals surface area contributed by atoms with E-state index in [1.165, 1.54) is 6.08 Å². The van der Waals surface area contributed by atoms with E-state index in [0.29, 0.717) is 6.08 Å². The molecule has 124 valence electrons. The number of benzene rings is 2. The molecule has 5 nitrogen and oxygen atoms in total. The number of aliphatic hydroxyl groups excluding tert-OH is 1. The van der Waals surface area contributed by atoms with Crippen LogP contribution in [0.25, 0.3) is 22.7 Å². The molecular weight excluding hydrogens is 318 g/mol. The first-order valence-corrected chi connectivity index (χ1v) is 7.58. The van der Waals surface area contributed by atoms with Crippen molar-refractivity contribution in [2.75, 3.05) is 0 Å². The highest BCUT2D eigenvalue weighted by Crippen LogP contribution is 2.25. The molecule has 3 rings (SSSR count). The second-order valence-electron chi connectivity index (χ2n) is 5.38. The molecule has 2 aromatic carbocycles. The van der Waals surface area contributed by atoms with Gasteiger partial charge in [-0.2, -0.15) is 0 Å². The van der Waals surface area contributed by atoms with Gasteiger partial charge < -0.3 is 14.8 Å². The van der Waals surface area contributed by atoms with Gasteiger partial charge in [0.1, 0.15) is 0 Å². The number of aromatic nitrogens is 1. The predicted molar refractivity (Wildman–Crippen MR) is 95.7 cm³/mol. The summed E-state index contributed by atoms with van der Waals surface area (Å²) in [5.74, 6) is -3.12. The molecule has 0 aliphatic carbocycles. The van der Waals surface area contributed by atoms with E-state index in [4.69, 9.17) is 10.2 Å². The van der Waals surface area contributed by atoms with Crippen molar-refractivity contribution >= 4 is 28.7 Å². The van der Waals surface area contributed by atoms with Crippen LogP contribution in [0.2, 0.25) is 0 Å². The highest BCUT2D eigenvalue weighted by molar-refractivity contribution is 6.06. The fourth-order valence-electron chi connectivity index (χ4n) is 2.56. The number of rotatable bonds is 5. The zero-order valence-corrected chi connectivity index (χ0v) is 13.2. The normalized spacial score (nSPS) is 11.9. The van der Waals surface area contributed by atoms with Crippen LogP contribution < -0.4 is 0 Å². The van der Waals surface area contributed by atoms with Gasteiger partial charge in [0.05, 0.1) is 5.52 Å². The number of ketones is 1. The molecular formula is C20H15NO4. The van der Waals surface area contributed by atoms with Crippen LogP contribution >= 0.6 is 0 Å². The number of aliphatic carboxylic acids is 1. The summed E-state index contributed by atoms with van der Waals surface area (Å²) < 4.78 is 2.02. The van der Waals surface area contributed by atoms with E-state index >= 15 is 0 Å². The second kappa shape index (κ2) is 6.88. The number of carbonyl (C=O) groups excluding carboxylic acids is 1. The average Bonchev–Trinajstić information content (AvgIpc) is 2.99. The Hall–Kier alpha value is -3.60. The number of hydrogen-bond donors (Lipinski definition) is 2. The Morgan fingerprint density at radius 2 is 1.60 bits per heavy atom. The second-order valence-corrected chi connectivity index (χ2v) is 5.38. The lowest BCUT2D eigenvalue weighted by molar-refractivity contribution is -0.135. The molecule has 0 amide bonds. The van der Waals surface area contributed by atoms with Gasteiger partial charge in [-0.05, 0) is 30.4 Å². The number of nitrogens with zero attached hydrogens (tertiary/aromatic N) is 1. The molecule has 0 aliphatic rings. The van der Waals surface area contributed by atoms with E-state index in [2.05, 4.69) is 0 Å². The molecule has 3 aromatic rings. The maximum absolute atomic E-state index is 11.8. The fraction of sp³-hybridized carbons (Fsp3) is 0. The Morgan fingerprint density at radius 3 is 2.32 bits per heavy atom. The van der Waals surface area contributed by atoms with Crippen molar-refractivity contribution in [3.8, 4) is 5.69 Å². The van der Waals surface area contributed by atoms with E-state index in [-0.39, 0.29) is 0 Å². The van der Waals surface area contributed by atoms with Crippen molar-refractivity contribution in [1.29, 1.82) is 0 Å². The lowest BCUT2D eigenvalue weighted by Crippen LogP contribution is -2.01. The van der Waals surface area contributed by atoms with Gasteiger partial charge in [0.15, 0.2) is 5.78 Å². The number of aliphatic hydroxyl groups is 1. The number of hydrogen-bond acceptors (Lipinski definition) is 3. The maximum atomic E-state index is 11.8. The zero-order chi connectivity index (χ0) is 17.8. The Kier molecular flexibility index (Phi) is 4.48. The Morgan fingerprint density at radius 1 is 0.920 bits per heavy atom. The molecule has 0 bridgehead atoms. The van der Waals surface area contributed by atoms with Crippen LogP contribution in [0.4, 0.5) is 0 Å². The smallest absolute Gasteiger partial charge is 0.371 e. The van der Waals surface area contributed by atoms with Crippen molar-refractivity contribution in [2.24, 2.45) is 0 Å². The van der Waals surface area contributed by atoms with Crippen LogP contribution in [-0.2, 0) is 9.59 Å². The van der Waals surface area contributed by atoms with Crippen molar-refractivity contribution in [1.82, 2.24) is 4.57 Å². The van der Waals surface area contributed by atoms with Gasteiger partial charge in [0, 0.05) is 28.9 Å². The number of carbonyl (C=O) groups is 2. The minimum atomic E-state index is -1.54. The monoisotopic (exact) mass is 333 g/mol. The lowest BCUT2D eigenvalue weighted by Gasteiger charge is -2.04. The van der Waals surface area contributed by atoms with E-state index < -0.39 is 17.5 Å². The van der Waals surface area contributed by atoms with E-state index in [0.717, 1.165) is 22.2 Å². The summed E-state index contributed by atoms with van der Waals surface area (Å²) in [4.78, 5) is 22.3. The third-order valence-corrected chi connectivity index (χ3v) is 3.70. The van der Waals surface area contributed by atoms with Crippen LogP contribution in [0.15, 0.2) is 78.7 Å². The number of fused-ring (bicyclic) bond motifs is 1. The molecule has 0 unspecified atom stereocenters. The quantitative estimate of drug-likeness (QED) is 0.551. The van der Waals surface area contributed by atoms with Gasteiger partial charge in [-0.1, -0.05) is 36.4 Å². The van der Waals surface area contributed by atoms with Crippen molar-refractivity contribution in [3.05, 3.63) is 84.3 Å². The zero-order valence-electron chi connectivity index (χ0n) is 13.2. The van der Waals surface area contributed by atoms with Gasteiger partial charge in [0.25, 0.3) is 0 Å². The van der Waals surface area contributed by atoms with E-state index in [9.17, 15) is 9.59 Å². The predicted octanol–water partition coefficient (Wildman–Crippen LogP) is 3.74. The first-order valence-electron chi connectivity index (χ1n) is 7.58. The van der Waals surface area contributed by atoms with Gasteiger partial charge >= 0.3 is 5.97 Å². The molecule has 0 fully saturated rings. The Balaban J connectivity index is 2.01. The summed E-state index contributed by atoms with van der Waals surface area (Å²) in [6.45, 7) is 0. The minimum Gasteiger partial charge on any atom is -0.502 e. The molecule has 5 heteroatoms. The fourth-order valence-corrected chi connectivity index (χ4v) is 2.56.